The van der Waals surface area contributed by atoms with Crippen LogP contribution < -0.4 is 10.1 Å². The van der Waals surface area contributed by atoms with E-state index in [-0.39, 0.29) is 0 Å². The maximum absolute atomic E-state index is 9.63. The van der Waals surface area contributed by atoms with Crippen LogP contribution >= 0.6 is 0 Å². The molecule has 0 atom stereocenters. The van der Waals surface area contributed by atoms with Crippen molar-refractivity contribution in [1.29, 1.82) is 0 Å². The molecule has 3 heteroatoms. The van der Waals surface area contributed by atoms with Gasteiger partial charge >= 0.3 is 0 Å². The Kier molecular flexibility index (Phi) is 3.06. The number of nitrogens with one attached hydrogen (secondary N) is 1. The fourth-order valence-electron chi connectivity index (χ4n) is 1.79. The summed E-state index contributed by atoms with van der Waals surface area (Å²) in [5.74, 6) is 1.00. The summed E-state index contributed by atoms with van der Waals surface area (Å²) in [4.78, 5) is 0. The quantitative estimate of drug-likeness (QED) is 0.822. The maximum Gasteiger partial charge on any atom is 0.122 e. The van der Waals surface area contributed by atoms with E-state index in [9.17, 15) is 5.11 Å². The molecule has 16 heavy (non-hydrogen) atoms. The van der Waals surface area contributed by atoms with E-state index in [1.165, 1.54) is 5.56 Å². The SMILES string of the molecule is CC(C)(O)CNc1ccc2c(c1)CCCO2. The topological polar surface area (TPSA) is 41.5 Å². The summed E-state index contributed by atoms with van der Waals surface area (Å²) >= 11 is 0. The summed E-state index contributed by atoms with van der Waals surface area (Å²) < 4.78 is 5.55. The van der Waals surface area contributed by atoms with Gasteiger partial charge in [0.1, 0.15) is 5.75 Å². The van der Waals surface area contributed by atoms with Crippen molar-refractivity contribution in [3.63, 3.8) is 0 Å². The normalized spacial score (nSPS) is 15.2. The van der Waals surface area contributed by atoms with Gasteiger partial charge in [-0.2, -0.15) is 0 Å². The van der Waals surface area contributed by atoms with Crippen molar-refractivity contribution in [3.05, 3.63) is 23.8 Å². The van der Waals surface area contributed by atoms with E-state index in [4.69, 9.17) is 4.74 Å². The zero-order valence-corrected chi connectivity index (χ0v) is 9.92. The minimum atomic E-state index is -0.688. The fraction of sp³-hybridized carbons (Fsp3) is 0.538. The number of aliphatic hydroxyl groups is 1. The predicted octanol–water partition coefficient (Wildman–Crippen LogP) is 2.19. The molecule has 0 fully saturated rings. The van der Waals surface area contributed by atoms with Gasteiger partial charge in [0.15, 0.2) is 0 Å². The average Bonchev–Trinajstić information content (AvgIpc) is 2.25. The maximum atomic E-state index is 9.63. The third-order valence-corrected chi connectivity index (χ3v) is 2.63. The average molecular weight is 221 g/mol. The van der Waals surface area contributed by atoms with E-state index < -0.39 is 5.60 Å². The standard InChI is InChI=1S/C13H19NO2/c1-13(2,15)9-14-11-5-6-12-10(8-11)4-3-7-16-12/h5-6,8,14-15H,3-4,7,9H2,1-2H3. The van der Waals surface area contributed by atoms with Gasteiger partial charge in [-0.3, -0.25) is 0 Å². The Labute approximate surface area is 96.4 Å². The highest BCUT2D eigenvalue weighted by molar-refractivity contribution is 5.51. The van der Waals surface area contributed by atoms with E-state index in [2.05, 4.69) is 11.4 Å². The van der Waals surface area contributed by atoms with Crippen molar-refractivity contribution >= 4 is 5.69 Å². The Bertz CT molecular complexity index is 369. The first-order valence-corrected chi connectivity index (χ1v) is 5.77. The van der Waals surface area contributed by atoms with E-state index >= 15 is 0 Å². The Balaban J connectivity index is 2.06. The fourth-order valence-corrected chi connectivity index (χ4v) is 1.79. The van der Waals surface area contributed by atoms with Gasteiger partial charge in [0.05, 0.1) is 12.2 Å². The van der Waals surface area contributed by atoms with Crippen LogP contribution in [0.15, 0.2) is 18.2 Å². The lowest BCUT2D eigenvalue weighted by atomic mass is 10.1. The minimum absolute atomic E-state index is 0.548. The summed E-state index contributed by atoms with van der Waals surface area (Å²) in [6, 6.07) is 6.11. The molecular weight excluding hydrogens is 202 g/mol. The number of anilines is 1. The van der Waals surface area contributed by atoms with Crippen molar-refractivity contribution in [2.45, 2.75) is 32.3 Å². The third kappa shape index (κ3) is 2.89. The number of rotatable bonds is 3. The molecule has 0 saturated carbocycles. The van der Waals surface area contributed by atoms with Crippen LogP contribution in [0.2, 0.25) is 0 Å². The molecule has 0 spiro atoms. The molecule has 1 aliphatic heterocycles. The molecule has 0 unspecified atom stereocenters. The van der Waals surface area contributed by atoms with E-state index in [0.717, 1.165) is 30.9 Å². The van der Waals surface area contributed by atoms with Gasteiger partial charge in [0.25, 0.3) is 0 Å². The third-order valence-electron chi connectivity index (χ3n) is 2.63. The molecule has 0 radical (unpaired) electrons. The first-order chi connectivity index (χ1) is 7.54. The lowest BCUT2D eigenvalue weighted by molar-refractivity contribution is 0.0945. The highest BCUT2D eigenvalue weighted by Crippen LogP contribution is 2.27. The predicted molar refractivity (Wildman–Crippen MR) is 65.0 cm³/mol. The van der Waals surface area contributed by atoms with Crippen LogP contribution in [0.4, 0.5) is 5.69 Å². The van der Waals surface area contributed by atoms with E-state index in [1.807, 2.05) is 12.1 Å². The van der Waals surface area contributed by atoms with Crippen molar-refractivity contribution in [2.24, 2.45) is 0 Å². The molecule has 0 bridgehead atoms. The van der Waals surface area contributed by atoms with E-state index in [0.29, 0.717) is 6.54 Å². The van der Waals surface area contributed by atoms with Crippen molar-refractivity contribution in [1.82, 2.24) is 0 Å². The van der Waals surface area contributed by atoms with Gasteiger partial charge in [-0.1, -0.05) is 0 Å². The Morgan fingerprint density at radius 1 is 1.44 bits per heavy atom. The molecule has 0 amide bonds. The molecule has 1 aromatic rings. The molecule has 2 rings (SSSR count). The Morgan fingerprint density at radius 2 is 2.25 bits per heavy atom. The molecule has 0 saturated heterocycles. The van der Waals surface area contributed by atoms with Crippen LogP contribution in [0.1, 0.15) is 25.8 Å². The summed E-state index contributed by atoms with van der Waals surface area (Å²) in [6.45, 7) is 4.96. The monoisotopic (exact) mass is 221 g/mol. The molecule has 3 nitrogen and oxygen atoms in total. The molecular formula is C13H19NO2. The van der Waals surface area contributed by atoms with Crippen LogP contribution in [0.3, 0.4) is 0 Å². The number of fused-ring (bicyclic) bond motifs is 1. The molecule has 1 aromatic carbocycles. The van der Waals surface area contributed by atoms with Gasteiger partial charge in [0, 0.05) is 12.2 Å². The van der Waals surface area contributed by atoms with Gasteiger partial charge in [-0.05, 0) is 50.5 Å². The summed E-state index contributed by atoms with van der Waals surface area (Å²) in [5.41, 5.74) is 1.62. The molecule has 0 aliphatic carbocycles. The number of aryl methyl sites for hydroxylation is 1. The molecule has 0 aromatic heterocycles. The van der Waals surface area contributed by atoms with Crippen molar-refractivity contribution in [2.75, 3.05) is 18.5 Å². The minimum Gasteiger partial charge on any atom is -0.493 e. The Hall–Kier alpha value is -1.22. The molecule has 2 N–H and O–H groups in total. The Morgan fingerprint density at radius 3 is 3.00 bits per heavy atom. The first-order valence-electron chi connectivity index (χ1n) is 5.77. The smallest absolute Gasteiger partial charge is 0.122 e. The van der Waals surface area contributed by atoms with Gasteiger partial charge < -0.3 is 15.2 Å². The largest absolute Gasteiger partial charge is 0.493 e. The number of hydrogen-bond acceptors (Lipinski definition) is 3. The second-order valence-electron chi connectivity index (χ2n) is 4.94. The zero-order chi connectivity index (χ0) is 11.6. The van der Waals surface area contributed by atoms with Crippen LogP contribution in [0, 0.1) is 0 Å². The highest BCUT2D eigenvalue weighted by Gasteiger charge is 2.13. The summed E-state index contributed by atoms with van der Waals surface area (Å²) in [6.07, 6.45) is 2.16. The molecule has 88 valence electrons. The van der Waals surface area contributed by atoms with Crippen LogP contribution in [0.5, 0.6) is 5.75 Å². The number of hydrogen-bond donors (Lipinski definition) is 2. The van der Waals surface area contributed by atoms with Gasteiger partial charge in [-0.25, -0.2) is 0 Å². The number of benzene rings is 1. The lowest BCUT2D eigenvalue weighted by Gasteiger charge is -2.21. The van der Waals surface area contributed by atoms with Crippen LogP contribution in [-0.4, -0.2) is 23.9 Å². The van der Waals surface area contributed by atoms with Crippen molar-refractivity contribution < 1.29 is 9.84 Å². The first kappa shape index (κ1) is 11.3. The second kappa shape index (κ2) is 4.34. The van der Waals surface area contributed by atoms with Gasteiger partial charge in [0.2, 0.25) is 0 Å². The van der Waals surface area contributed by atoms with Crippen LogP contribution in [0.25, 0.3) is 0 Å². The number of ether oxygens (including phenoxy) is 1. The lowest BCUT2D eigenvalue weighted by Crippen LogP contribution is -2.29. The molecule has 1 aliphatic rings. The summed E-state index contributed by atoms with van der Waals surface area (Å²) in [7, 11) is 0. The van der Waals surface area contributed by atoms with Crippen LogP contribution in [-0.2, 0) is 6.42 Å². The van der Waals surface area contributed by atoms with Gasteiger partial charge in [-0.15, -0.1) is 0 Å². The molecule has 1 heterocycles. The summed E-state index contributed by atoms with van der Waals surface area (Å²) in [5, 5.41) is 12.9. The highest BCUT2D eigenvalue weighted by atomic mass is 16.5. The van der Waals surface area contributed by atoms with Crippen molar-refractivity contribution in [3.8, 4) is 5.75 Å². The van der Waals surface area contributed by atoms with E-state index in [1.54, 1.807) is 13.8 Å². The zero-order valence-electron chi connectivity index (χ0n) is 9.92. The second-order valence-corrected chi connectivity index (χ2v) is 4.94.